The van der Waals surface area contributed by atoms with Crippen molar-refractivity contribution < 1.29 is 14.7 Å². The Morgan fingerprint density at radius 2 is 2.12 bits per heavy atom. The summed E-state index contributed by atoms with van der Waals surface area (Å²) in [6.07, 6.45) is -0.461. The third-order valence-electron chi connectivity index (χ3n) is 1.89. The number of nitrogens with zero attached hydrogens (tertiary/aromatic N) is 1. The summed E-state index contributed by atoms with van der Waals surface area (Å²) in [5.41, 5.74) is 1.33. The van der Waals surface area contributed by atoms with Crippen LogP contribution in [0.3, 0.4) is 0 Å². The van der Waals surface area contributed by atoms with Gasteiger partial charge in [0.25, 0.3) is 0 Å². The predicted molar refractivity (Wildman–Crippen MR) is 61.4 cm³/mol. The van der Waals surface area contributed by atoms with Gasteiger partial charge in [-0.15, -0.1) is 0 Å². The van der Waals surface area contributed by atoms with Gasteiger partial charge in [-0.3, -0.25) is 0 Å². The van der Waals surface area contributed by atoms with Gasteiger partial charge < -0.3 is 0 Å². The molecule has 4 nitrogen and oxygen atoms in total. The first-order chi connectivity index (χ1) is 7.54. The molecule has 0 fully saturated rings. The van der Waals surface area contributed by atoms with Gasteiger partial charge in [-0.2, -0.15) is 0 Å². The Kier molecular flexibility index (Phi) is 4.65. The van der Waals surface area contributed by atoms with Gasteiger partial charge >= 0.3 is 100.0 Å². The average molecular weight is 286 g/mol. The Labute approximate surface area is 100 Å². The zero-order valence-electron chi connectivity index (χ0n) is 9.19. The fourth-order valence-electron chi connectivity index (χ4n) is 1.22. The number of hydrogen-bond donors (Lipinski definition) is 1. The molecule has 0 aliphatic heterocycles. The molecular formula is C11H13NO3Se. The normalized spacial score (nSPS) is 10.1. The van der Waals surface area contributed by atoms with Crippen molar-refractivity contribution in [2.45, 2.75) is 25.6 Å². The summed E-state index contributed by atoms with van der Waals surface area (Å²) in [4.78, 5) is 26.4. The van der Waals surface area contributed by atoms with Crippen molar-refractivity contribution in [3.63, 3.8) is 0 Å². The van der Waals surface area contributed by atoms with E-state index >= 15 is 0 Å². The van der Waals surface area contributed by atoms with Crippen molar-refractivity contribution >= 4 is 31.3 Å². The number of rotatable bonds is 5. The predicted octanol–water partition coefficient (Wildman–Crippen LogP) is 0.815. The molecule has 5 heteroatoms. The molecule has 86 valence electrons. The van der Waals surface area contributed by atoms with Crippen LogP contribution in [0.4, 0.5) is 0 Å². The molecule has 1 aromatic heterocycles. The Morgan fingerprint density at radius 1 is 1.44 bits per heavy atom. The van der Waals surface area contributed by atoms with Gasteiger partial charge in [-0.25, -0.2) is 0 Å². The van der Waals surface area contributed by atoms with Crippen molar-refractivity contribution in [2.24, 2.45) is 0 Å². The Hall–Kier alpha value is -1.19. The summed E-state index contributed by atoms with van der Waals surface area (Å²) in [5.74, 6) is -1.45. The number of hydrogen-bond acceptors (Lipinski definition) is 3. The van der Waals surface area contributed by atoms with E-state index in [-0.39, 0.29) is 20.7 Å². The quantitative estimate of drug-likeness (QED) is 0.494. The first-order valence-corrected chi connectivity index (χ1v) is 6.96. The fourth-order valence-corrected chi connectivity index (χ4v) is 2.94. The topological polar surface area (TPSA) is 67.3 Å². The van der Waals surface area contributed by atoms with Gasteiger partial charge in [0.15, 0.2) is 0 Å². The van der Waals surface area contributed by atoms with Crippen molar-refractivity contribution in [3.8, 4) is 0 Å². The monoisotopic (exact) mass is 287 g/mol. The molecule has 1 heterocycles. The van der Waals surface area contributed by atoms with Gasteiger partial charge in [0.1, 0.15) is 0 Å². The second-order valence-corrected chi connectivity index (χ2v) is 5.86. The number of aromatic nitrogens is 1. The number of aryl methyl sites for hydroxylation is 1. The van der Waals surface area contributed by atoms with E-state index in [9.17, 15) is 9.59 Å². The van der Waals surface area contributed by atoms with E-state index in [1.807, 2.05) is 13.8 Å². The van der Waals surface area contributed by atoms with Crippen molar-refractivity contribution in [2.75, 3.05) is 0 Å². The number of carbonyl (C=O) groups is 2. The van der Waals surface area contributed by atoms with Crippen LogP contribution < -0.4 is 4.59 Å². The number of Topliss-reactive ketones (excluding diaryl/α,β-unsaturated/α-hetero) is 1. The second-order valence-electron chi connectivity index (χ2n) is 3.23. The molecule has 0 saturated heterocycles. The van der Waals surface area contributed by atoms with Gasteiger partial charge in [-0.05, 0) is 0 Å². The Balaban J connectivity index is 3.02. The summed E-state index contributed by atoms with van der Waals surface area (Å²) in [7, 11) is 0. The number of carbonyl (C=O) groups excluding carboxylic acids is 1. The van der Waals surface area contributed by atoms with E-state index in [4.69, 9.17) is 5.11 Å². The van der Waals surface area contributed by atoms with Crippen LogP contribution in [-0.4, -0.2) is 36.8 Å². The zero-order valence-corrected chi connectivity index (χ0v) is 10.9. The third kappa shape index (κ3) is 3.43. The number of ketones is 1. The van der Waals surface area contributed by atoms with Gasteiger partial charge in [0.05, 0.1) is 0 Å². The Morgan fingerprint density at radius 3 is 2.69 bits per heavy atom. The maximum atomic E-state index is 11.7. The van der Waals surface area contributed by atoms with E-state index in [1.54, 1.807) is 12.1 Å². The zero-order chi connectivity index (χ0) is 12.1. The number of carboxylic acid groups (broad SMARTS) is 1. The molecule has 1 N–H and O–H groups in total. The molecule has 0 aliphatic rings. The number of aliphatic carboxylic acids is 1. The molecule has 0 saturated carbocycles. The van der Waals surface area contributed by atoms with E-state index in [2.05, 4.69) is 4.98 Å². The minimum atomic E-state index is -1.10. The summed E-state index contributed by atoms with van der Waals surface area (Å²) >= 11 is 0.134. The summed E-state index contributed by atoms with van der Waals surface area (Å²) < 4.78 is 0.765. The van der Waals surface area contributed by atoms with E-state index < -0.39 is 12.4 Å². The first-order valence-electron chi connectivity index (χ1n) is 4.90. The van der Waals surface area contributed by atoms with Gasteiger partial charge in [0.2, 0.25) is 0 Å². The molecule has 0 aromatic carbocycles. The molecule has 0 bridgehead atoms. The molecule has 16 heavy (non-hydrogen) atoms. The Bertz CT molecular complexity index is 418. The van der Waals surface area contributed by atoms with Crippen LogP contribution in [0.5, 0.6) is 0 Å². The second kappa shape index (κ2) is 5.77. The van der Waals surface area contributed by atoms with E-state index in [1.165, 1.54) is 0 Å². The summed E-state index contributed by atoms with van der Waals surface area (Å²) in [6, 6.07) is 3.42. The molecule has 0 atom stereocenters. The third-order valence-corrected chi connectivity index (χ3v) is 3.73. The van der Waals surface area contributed by atoms with Crippen LogP contribution in [0.2, 0.25) is 5.32 Å². The van der Waals surface area contributed by atoms with Crippen molar-refractivity contribution in [3.05, 3.63) is 23.4 Å². The molecule has 0 spiro atoms. The van der Waals surface area contributed by atoms with Crippen LogP contribution in [-0.2, 0) is 4.79 Å². The van der Waals surface area contributed by atoms with Crippen LogP contribution in [0.1, 0.15) is 29.4 Å². The standard InChI is InChI=1S/C11H13NO3Se/c1-3-16-11-8(5-4-7(2)12-11)9(13)6-10(14)15/h4-5H,3,6H2,1-2H3,(H,14,15). The van der Waals surface area contributed by atoms with E-state index in [0.717, 1.165) is 15.6 Å². The molecule has 1 rings (SSSR count). The number of carboxylic acids is 1. The van der Waals surface area contributed by atoms with Crippen LogP contribution in [0.25, 0.3) is 0 Å². The molecule has 0 unspecified atom stereocenters. The van der Waals surface area contributed by atoms with E-state index in [0.29, 0.717) is 5.56 Å². The fraction of sp³-hybridized carbons (Fsp3) is 0.364. The maximum absolute atomic E-state index is 11.7. The van der Waals surface area contributed by atoms with Crippen molar-refractivity contribution in [1.29, 1.82) is 0 Å². The average Bonchev–Trinajstić information content (AvgIpc) is 2.17. The molecular weight excluding hydrogens is 273 g/mol. The number of pyridine rings is 1. The molecule has 0 aliphatic carbocycles. The minimum absolute atomic E-state index is 0.134. The SMILES string of the molecule is CC[Se]c1nc(C)ccc1C(=O)CC(=O)O. The van der Waals surface area contributed by atoms with Gasteiger partial charge in [0, 0.05) is 0 Å². The van der Waals surface area contributed by atoms with Crippen molar-refractivity contribution in [1.82, 2.24) is 4.98 Å². The molecule has 1 aromatic rings. The van der Waals surface area contributed by atoms with Crippen LogP contribution >= 0.6 is 0 Å². The van der Waals surface area contributed by atoms with Crippen LogP contribution in [0.15, 0.2) is 12.1 Å². The van der Waals surface area contributed by atoms with Gasteiger partial charge in [-0.1, -0.05) is 0 Å². The molecule has 0 radical (unpaired) electrons. The van der Waals surface area contributed by atoms with Crippen LogP contribution in [0, 0.1) is 6.92 Å². The first kappa shape index (κ1) is 12.9. The summed E-state index contributed by atoms with van der Waals surface area (Å²) in [5, 5.41) is 9.53. The molecule has 0 amide bonds. The summed E-state index contributed by atoms with van der Waals surface area (Å²) in [6.45, 7) is 3.89.